The number of anilines is 1. The third-order valence-corrected chi connectivity index (χ3v) is 5.21. The molecule has 3 rings (SSSR count). The first-order chi connectivity index (χ1) is 12.6. The minimum atomic E-state index is 0.0731. The number of nitrogens with zero attached hydrogens (tertiary/aromatic N) is 2. The number of carbonyl (C=O) groups is 2. The second kappa shape index (κ2) is 8.64. The van der Waals surface area contributed by atoms with Gasteiger partial charge in [0.25, 0.3) is 0 Å². The summed E-state index contributed by atoms with van der Waals surface area (Å²) >= 11 is 0. The molecule has 0 aliphatic carbocycles. The lowest BCUT2D eigenvalue weighted by Crippen LogP contribution is -2.37. The molecule has 1 amide bonds. The Morgan fingerprint density at radius 2 is 2.08 bits per heavy atom. The lowest BCUT2D eigenvalue weighted by Gasteiger charge is -2.31. The smallest absolute Gasteiger partial charge is 0.223 e. The average Bonchev–Trinajstić information content (AvgIpc) is 2.99. The second-order valence-corrected chi connectivity index (χ2v) is 7.11. The van der Waals surface area contributed by atoms with Gasteiger partial charge in [-0.25, -0.2) is 0 Å². The van der Waals surface area contributed by atoms with Gasteiger partial charge < -0.3 is 19.3 Å². The molecule has 1 aromatic rings. The Morgan fingerprint density at radius 3 is 2.77 bits per heavy atom. The van der Waals surface area contributed by atoms with Crippen LogP contribution >= 0.6 is 0 Å². The molecule has 2 heterocycles. The number of ether oxygens (including phenoxy) is 2. The van der Waals surface area contributed by atoms with E-state index < -0.39 is 0 Å². The molecule has 2 fully saturated rings. The van der Waals surface area contributed by atoms with Gasteiger partial charge in [0.05, 0.1) is 19.8 Å². The van der Waals surface area contributed by atoms with E-state index in [1.807, 2.05) is 17.0 Å². The maximum Gasteiger partial charge on any atom is 0.223 e. The molecule has 0 N–H and O–H groups in total. The highest BCUT2D eigenvalue weighted by molar-refractivity contribution is 5.94. The third-order valence-electron chi connectivity index (χ3n) is 5.21. The predicted octanol–water partition coefficient (Wildman–Crippen LogP) is 1.76. The van der Waals surface area contributed by atoms with Crippen LogP contribution in [0.5, 0.6) is 0 Å². The molecule has 0 radical (unpaired) electrons. The van der Waals surface area contributed by atoms with Crippen LogP contribution < -0.4 is 4.90 Å². The number of morpholine rings is 1. The number of rotatable bonds is 7. The van der Waals surface area contributed by atoms with E-state index in [0.29, 0.717) is 19.6 Å². The summed E-state index contributed by atoms with van der Waals surface area (Å²) in [6, 6.07) is 5.97. The van der Waals surface area contributed by atoms with Gasteiger partial charge in [-0.1, -0.05) is 0 Å². The molecule has 0 aromatic heterocycles. The van der Waals surface area contributed by atoms with Crippen molar-refractivity contribution in [1.82, 2.24) is 4.90 Å². The van der Waals surface area contributed by atoms with Crippen molar-refractivity contribution in [3.63, 3.8) is 0 Å². The molecule has 1 atom stereocenters. The molecule has 6 nitrogen and oxygen atoms in total. The summed E-state index contributed by atoms with van der Waals surface area (Å²) < 4.78 is 10.6. The van der Waals surface area contributed by atoms with Gasteiger partial charge in [0.1, 0.15) is 0 Å². The van der Waals surface area contributed by atoms with Gasteiger partial charge in [-0.05, 0) is 43.0 Å². The Morgan fingerprint density at radius 1 is 1.31 bits per heavy atom. The number of ketones is 1. The lowest BCUT2D eigenvalue weighted by molar-refractivity contribution is -0.128. The van der Waals surface area contributed by atoms with Gasteiger partial charge in [-0.15, -0.1) is 0 Å². The molecule has 0 saturated carbocycles. The molecule has 0 unspecified atom stereocenters. The Kier molecular flexibility index (Phi) is 6.27. The number of benzene rings is 1. The van der Waals surface area contributed by atoms with Crippen molar-refractivity contribution in [2.24, 2.45) is 5.92 Å². The van der Waals surface area contributed by atoms with Gasteiger partial charge in [-0.2, -0.15) is 0 Å². The van der Waals surface area contributed by atoms with Gasteiger partial charge in [-0.3, -0.25) is 9.59 Å². The zero-order valence-corrected chi connectivity index (χ0v) is 15.7. The highest BCUT2D eigenvalue weighted by atomic mass is 16.5. The summed E-state index contributed by atoms with van der Waals surface area (Å²) in [5.41, 5.74) is 3.06. The molecule has 142 valence electrons. The zero-order chi connectivity index (χ0) is 18.5. The molecular weight excluding hydrogens is 332 g/mol. The monoisotopic (exact) mass is 360 g/mol. The fourth-order valence-corrected chi connectivity index (χ4v) is 3.80. The maximum absolute atomic E-state index is 12.2. The molecular formula is C20H28N2O4. The van der Waals surface area contributed by atoms with E-state index in [0.717, 1.165) is 50.4 Å². The summed E-state index contributed by atoms with van der Waals surface area (Å²) in [7, 11) is 1.65. The van der Waals surface area contributed by atoms with E-state index in [-0.39, 0.29) is 17.6 Å². The summed E-state index contributed by atoms with van der Waals surface area (Å²) in [5.74, 6) is 0.549. The van der Waals surface area contributed by atoms with Crippen molar-refractivity contribution in [1.29, 1.82) is 0 Å². The van der Waals surface area contributed by atoms with Crippen molar-refractivity contribution in [3.8, 4) is 0 Å². The minimum absolute atomic E-state index is 0.0731. The number of likely N-dealkylation sites (tertiary alicyclic amines) is 1. The van der Waals surface area contributed by atoms with Crippen molar-refractivity contribution < 1.29 is 19.1 Å². The Hall–Kier alpha value is -1.92. The van der Waals surface area contributed by atoms with Crippen LogP contribution in [0.4, 0.5) is 5.69 Å². The topological polar surface area (TPSA) is 59.1 Å². The molecule has 26 heavy (non-hydrogen) atoms. The van der Waals surface area contributed by atoms with Crippen molar-refractivity contribution >= 4 is 17.4 Å². The lowest BCUT2D eigenvalue weighted by atomic mass is 9.94. The van der Waals surface area contributed by atoms with Gasteiger partial charge in [0.2, 0.25) is 5.91 Å². The minimum Gasteiger partial charge on any atom is -0.383 e. The van der Waals surface area contributed by atoms with E-state index in [1.165, 1.54) is 5.69 Å². The van der Waals surface area contributed by atoms with Crippen LogP contribution in [0.2, 0.25) is 0 Å². The normalized spacial score (nSPS) is 20.7. The quantitative estimate of drug-likeness (QED) is 0.694. The average molecular weight is 360 g/mol. The third kappa shape index (κ3) is 4.43. The summed E-state index contributed by atoms with van der Waals surface area (Å²) in [4.78, 5) is 28.3. The molecule has 6 heteroatoms. The molecule has 2 aliphatic rings. The highest BCUT2D eigenvalue weighted by Crippen LogP contribution is 2.29. The van der Waals surface area contributed by atoms with Crippen LogP contribution in [0.1, 0.15) is 29.3 Å². The standard InChI is InChI=1S/C20H28N2O4/c1-15(23)17-3-4-19(21-6-9-26-10-7-21)18(13-17)11-16-12-20(24)22(14-16)5-8-25-2/h3-4,13,16H,5-12,14H2,1-2H3/t16-/m0/s1. The van der Waals surface area contributed by atoms with Gasteiger partial charge in [0.15, 0.2) is 5.78 Å². The first-order valence-electron chi connectivity index (χ1n) is 9.31. The first kappa shape index (κ1) is 18.9. The number of hydrogen-bond acceptors (Lipinski definition) is 5. The van der Waals surface area contributed by atoms with Gasteiger partial charge >= 0.3 is 0 Å². The Labute approximate surface area is 155 Å². The van der Waals surface area contributed by atoms with Crippen molar-refractivity contribution in [2.45, 2.75) is 19.8 Å². The van der Waals surface area contributed by atoms with Crippen molar-refractivity contribution in [3.05, 3.63) is 29.3 Å². The van der Waals surface area contributed by atoms with E-state index >= 15 is 0 Å². The summed E-state index contributed by atoms with van der Waals surface area (Å²) in [6.07, 6.45) is 1.37. The zero-order valence-electron chi connectivity index (χ0n) is 15.7. The summed E-state index contributed by atoms with van der Waals surface area (Å²) in [5, 5.41) is 0. The Balaban J connectivity index is 1.77. The molecule has 1 aromatic carbocycles. The van der Waals surface area contributed by atoms with Crippen LogP contribution in [0.3, 0.4) is 0 Å². The first-order valence-corrected chi connectivity index (χ1v) is 9.31. The number of Topliss-reactive ketones (excluding diaryl/α,β-unsaturated/α-hetero) is 1. The fourth-order valence-electron chi connectivity index (χ4n) is 3.80. The maximum atomic E-state index is 12.2. The van der Waals surface area contributed by atoms with Crippen molar-refractivity contribution in [2.75, 3.05) is 58.0 Å². The van der Waals surface area contributed by atoms with E-state index in [9.17, 15) is 9.59 Å². The number of amides is 1. The number of carbonyl (C=O) groups excluding carboxylic acids is 2. The summed E-state index contributed by atoms with van der Waals surface area (Å²) in [6.45, 7) is 6.73. The number of methoxy groups -OCH3 is 1. The van der Waals surface area contributed by atoms with Crippen LogP contribution in [0.15, 0.2) is 18.2 Å². The second-order valence-electron chi connectivity index (χ2n) is 7.11. The van der Waals surface area contributed by atoms with Crippen LogP contribution in [0, 0.1) is 5.92 Å². The molecule has 0 bridgehead atoms. The van der Waals surface area contributed by atoms with Crippen LogP contribution in [-0.4, -0.2) is 69.7 Å². The van der Waals surface area contributed by atoms with Gasteiger partial charge in [0, 0.05) is 51.0 Å². The SMILES string of the molecule is COCCN1C[C@@H](Cc2cc(C(C)=O)ccc2N2CCOCC2)CC1=O. The van der Waals surface area contributed by atoms with E-state index in [2.05, 4.69) is 11.0 Å². The number of hydrogen-bond donors (Lipinski definition) is 0. The molecule has 0 spiro atoms. The molecule has 2 saturated heterocycles. The fraction of sp³-hybridized carbons (Fsp3) is 0.600. The largest absolute Gasteiger partial charge is 0.383 e. The predicted molar refractivity (Wildman–Crippen MR) is 99.7 cm³/mol. The van der Waals surface area contributed by atoms with Crippen LogP contribution in [0.25, 0.3) is 0 Å². The van der Waals surface area contributed by atoms with E-state index in [4.69, 9.17) is 9.47 Å². The van der Waals surface area contributed by atoms with E-state index in [1.54, 1.807) is 14.0 Å². The molecule has 2 aliphatic heterocycles. The highest BCUT2D eigenvalue weighted by Gasteiger charge is 2.30. The van der Waals surface area contributed by atoms with Crippen LogP contribution in [-0.2, 0) is 20.7 Å². The Bertz CT molecular complexity index is 655.